The molecule has 19 heavy (non-hydrogen) atoms. The highest BCUT2D eigenvalue weighted by molar-refractivity contribution is 6.28. The molecule has 2 aromatic rings. The number of nitrogens with zero attached hydrogens (tertiary/aromatic N) is 1. The Kier molecular flexibility index (Phi) is 4.36. The summed E-state index contributed by atoms with van der Waals surface area (Å²) in [6.07, 6.45) is 0. The van der Waals surface area contributed by atoms with Crippen molar-refractivity contribution in [2.24, 2.45) is 10.7 Å². The summed E-state index contributed by atoms with van der Waals surface area (Å²) in [5.74, 6) is 1.34. The highest BCUT2D eigenvalue weighted by Gasteiger charge is 2.00. The zero-order valence-electron chi connectivity index (χ0n) is 10.0. The molecule has 0 saturated heterocycles. The Hall–Kier alpha value is -2.07. The zero-order chi connectivity index (χ0) is 13.7. The number of hydrogen-bond donors (Lipinski definition) is 1. The molecule has 2 N–H and O–H groups in total. The van der Waals surface area contributed by atoms with Gasteiger partial charge < -0.3 is 10.5 Å². The number of amidine groups is 1. The van der Waals surface area contributed by atoms with E-state index in [0.717, 1.165) is 0 Å². The molecule has 5 heteroatoms. The van der Waals surface area contributed by atoms with Gasteiger partial charge >= 0.3 is 0 Å². The third-order valence-electron chi connectivity index (χ3n) is 2.28. The van der Waals surface area contributed by atoms with Crippen LogP contribution in [0.25, 0.3) is 0 Å². The third kappa shape index (κ3) is 3.96. The molecule has 0 unspecified atom stereocenters. The maximum Gasteiger partial charge on any atom is 0.129 e. The minimum Gasteiger partial charge on any atom is -0.457 e. The van der Waals surface area contributed by atoms with Crippen LogP contribution in [-0.4, -0.2) is 11.7 Å². The van der Waals surface area contributed by atoms with Crippen molar-refractivity contribution in [3.63, 3.8) is 0 Å². The van der Waals surface area contributed by atoms with E-state index >= 15 is 0 Å². The predicted octanol–water partition coefficient (Wildman–Crippen LogP) is 3.85. The van der Waals surface area contributed by atoms with E-state index in [1.54, 1.807) is 36.4 Å². The summed E-state index contributed by atoms with van der Waals surface area (Å²) in [5, 5.41) is 0. The minimum absolute atomic E-state index is 0.170. The van der Waals surface area contributed by atoms with E-state index in [1.807, 2.05) is 0 Å². The smallest absolute Gasteiger partial charge is 0.129 e. The van der Waals surface area contributed by atoms with Crippen LogP contribution in [0.3, 0.4) is 0 Å². The zero-order valence-corrected chi connectivity index (χ0v) is 10.8. The molecule has 2 rings (SSSR count). The lowest BCUT2D eigenvalue weighted by Gasteiger charge is -2.06. The van der Waals surface area contributed by atoms with Gasteiger partial charge in [0.25, 0.3) is 0 Å². The van der Waals surface area contributed by atoms with Crippen LogP contribution >= 0.6 is 11.6 Å². The summed E-state index contributed by atoms with van der Waals surface area (Å²) in [6.45, 7) is 0. The van der Waals surface area contributed by atoms with Gasteiger partial charge in [0.05, 0.1) is 11.6 Å². The van der Waals surface area contributed by atoms with Crippen molar-refractivity contribution < 1.29 is 9.13 Å². The Morgan fingerprint density at radius 2 is 1.89 bits per heavy atom. The lowest BCUT2D eigenvalue weighted by atomic mass is 10.3. The van der Waals surface area contributed by atoms with Crippen LogP contribution in [0.15, 0.2) is 53.5 Å². The van der Waals surface area contributed by atoms with Crippen LogP contribution in [0.2, 0.25) is 0 Å². The number of aliphatic imine (C=N–C) groups is 1. The second-order valence-electron chi connectivity index (χ2n) is 3.79. The topological polar surface area (TPSA) is 47.6 Å². The van der Waals surface area contributed by atoms with Gasteiger partial charge in [-0.1, -0.05) is 6.07 Å². The van der Waals surface area contributed by atoms with Crippen molar-refractivity contribution in [1.82, 2.24) is 0 Å². The maximum atomic E-state index is 12.8. The molecule has 2 aromatic carbocycles. The van der Waals surface area contributed by atoms with Gasteiger partial charge in [-0.25, -0.2) is 9.38 Å². The van der Waals surface area contributed by atoms with Crippen LogP contribution in [-0.2, 0) is 0 Å². The SMILES string of the molecule is NC(CCl)=Nc1cccc(Oc2ccc(F)cc2)c1. The van der Waals surface area contributed by atoms with Gasteiger partial charge in [0, 0.05) is 6.07 Å². The Bertz CT molecular complexity index is 584. The average molecular weight is 279 g/mol. The highest BCUT2D eigenvalue weighted by atomic mass is 35.5. The van der Waals surface area contributed by atoms with Gasteiger partial charge in [-0.05, 0) is 36.4 Å². The Morgan fingerprint density at radius 1 is 1.16 bits per heavy atom. The number of ether oxygens (including phenoxy) is 1. The van der Waals surface area contributed by atoms with Crippen molar-refractivity contribution in [1.29, 1.82) is 0 Å². The number of benzene rings is 2. The number of nitrogens with two attached hydrogens (primary N) is 1. The summed E-state index contributed by atoms with van der Waals surface area (Å²) in [5.41, 5.74) is 6.21. The maximum absolute atomic E-state index is 12.8. The molecule has 3 nitrogen and oxygen atoms in total. The molecule has 0 saturated carbocycles. The van der Waals surface area contributed by atoms with Gasteiger partial charge in [0.1, 0.15) is 23.2 Å². The summed E-state index contributed by atoms with van der Waals surface area (Å²) in [7, 11) is 0. The van der Waals surface area contributed by atoms with Crippen molar-refractivity contribution in [3.05, 3.63) is 54.3 Å². The molecule has 0 fully saturated rings. The Labute approximate surface area is 115 Å². The third-order valence-corrected chi connectivity index (χ3v) is 2.55. The first-order valence-electron chi connectivity index (χ1n) is 5.60. The van der Waals surface area contributed by atoms with Crippen LogP contribution < -0.4 is 10.5 Å². The first kappa shape index (κ1) is 13.4. The molecule has 0 aliphatic heterocycles. The molecule has 0 radical (unpaired) electrons. The molecule has 0 bridgehead atoms. The molecule has 0 amide bonds. The van der Waals surface area contributed by atoms with Gasteiger partial charge in [-0.3, -0.25) is 0 Å². The predicted molar refractivity (Wildman–Crippen MR) is 74.9 cm³/mol. The standard InChI is InChI=1S/C14H12ClFN2O/c15-9-14(17)18-11-2-1-3-13(8-11)19-12-6-4-10(16)5-7-12/h1-8H,9H2,(H2,17,18). The lowest BCUT2D eigenvalue weighted by Crippen LogP contribution is -2.12. The fourth-order valence-electron chi connectivity index (χ4n) is 1.45. The van der Waals surface area contributed by atoms with Crippen LogP contribution in [0.1, 0.15) is 0 Å². The molecule has 98 valence electrons. The van der Waals surface area contributed by atoms with Crippen LogP contribution in [0.4, 0.5) is 10.1 Å². The lowest BCUT2D eigenvalue weighted by molar-refractivity contribution is 0.481. The molecule has 0 aromatic heterocycles. The number of rotatable bonds is 4. The fraction of sp³-hybridized carbons (Fsp3) is 0.0714. The molecular formula is C14H12ClFN2O. The van der Waals surface area contributed by atoms with E-state index in [-0.39, 0.29) is 11.7 Å². The van der Waals surface area contributed by atoms with Crippen molar-refractivity contribution in [2.75, 3.05) is 5.88 Å². The molecule has 0 spiro atoms. The fourth-order valence-corrected chi connectivity index (χ4v) is 1.51. The second-order valence-corrected chi connectivity index (χ2v) is 4.06. The summed E-state index contributed by atoms with van der Waals surface area (Å²) < 4.78 is 18.4. The highest BCUT2D eigenvalue weighted by Crippen LogP contribution is 2.25. The van der Waals surface area contributed by atoms with Crippen molar-refractivity contribution >= 4 is 23.1 Å². The van der Waals surface area contributed by atoms with Crippen LogP contribution in [0.5, 0.6) is 11.5 Å². The van der Waals surface area contributed by atoms with Gasteiger partial charge in [-0.2, -0.15) is 0 Å². The van der Waals surface area contributed by atoms with Gasteiger partial charge in [0.2, 0.25) is 0 Å². The Morgan fingerprint density at radius 3 is 2.58 bits per heavy atom. The van der Waals surface area contributed by atoms with Gasteiger partial charge in [-0.15, -0.1) is 11.6 Å². The van der Waals surface area contributed by atoms with E-state index in [4.69, 9.17) is 22.1 Å². The number of hydrogen-bond acceptors (Lipinski definition) is 2. The number of halogens is 2. The average Bonchev–Trinajstić information content (AvgIpc) is 2.42. The Balaban J connectivity index is 2.17. The van der Waals surface area contributed by atoms with E-state index in [1.165, 1.54) is 12.1 Å². The summed E-state index contributed by atoms with van der Waals surface area (Å²) in [4.78, 5) is 4.12. The second kappa shape index (κ2) is 6.20. The quantitative estimate of drug-likeness (QED) is 0.525. The summed E-state index contributed by atoms with van der Waals surface area (Å²) >= 11 is 5.56. The van der Waals surface area contributed by atoms with E-state index < -0.39 is 0 Å². The minimum atomic E-state index is -0.305. The first-order chi connectivity index (χ1) is 9.17. The molecule has 0 heterocycles. The largest absolute Gasteiger partial charge is 0.457 e. The first-order valence-corrected chi connectivity index (χ1v) is 6.13. The van der Waals surface area contributed by atoms with Gasteiger partial charge in [0.15, 0.2) is 0 Å². The van der Waals surface area contributed by atoms with Crippen LogP contribution in [0, 0.1) is 5.82 Å². The normalized spacial score (nSPS) is 11.4. The molecule has 0 atom stereocenters. The summed E-state index contributed by atoms with van der Waals surface area (Å²) in [6, 6.07) is 12.9. The van der Waals surface area contributed by atoms with E-state index in [0.29, 0.717) is 23.0 Å². The van der Waals surface area contributed by atoms with Crippen molar-refractivity contribution in [2.45, 2.75) is 0 Å². The van der Waals surface area contributed by atoms with Crippen molar-refractivity contribution in [3.8, 4) is 11.5 Å². The molecule has 0 aliphatic carbocycles. The molecule has 0 aliphatic rings. The monoisotopic (exact) mass is 278 g/mol. The molecular weight excluding hydrogens is 267 g/mol. The van der Waals surface area contributed by atoms with E-state index in [9.17, 15) is 4.39 Å². The number of alkyl halides is 1. The van der Waals surface area contributed by atoms with E-state index in [2.05, 4.69) is 4.99 Å².